The molecule has 2 aromatic rings. The van der Waals surface area contributed by atoms with Crippen molar-refractivity contribution in [2.45, 2.75) is 19.5 Å². The number of hydrogen-bond acceptors (Lipinski definition) is 2. The summed E-state index contributed by atoms with van der Waals surface area (Å²) < 4.78 is 5.26. The molecule has 3 heteroatoms. The lowest BCUT2D eigenvalue weighted by molar-refractivity contribution is 0.460. The molecule has 0 aliphatic carbocycles. The fourth-order valence-electron chi connectivity index (χ4n) is 1.53. The first-order valence-electron chi connectivity index (χ1n) is 5.17. The predicted molar refractivity (Wildman–Crippen MR) is 67.7 cm³/mol. The topological polar surface area (TPSA) is 25.2 Å². The van der Waals surface area contributed by atoms with E-state index >= 15 is 0 Å². The number of hydrogen-bond donors (Lipinski definition) is 1. The molecule has 0 spiro atoms. The zero-order valence-corrected chi connectivity index (χ0v) is 10.0. The lowest BCUT2D eigenvalue weighted by Gasteiger charge is -2.12. The van der Waals surface area contributed by atoms with Crippen LogP contribution in [0.15, 0.2) is 53.1 Å². The predicted octanol–water partition coefficient (Wildman–Crippen LogP) is 3.55. The van der Waals surface area contributed by atoms with E-state index in [0.717, 1.165) is 12.3 Å². The van der Waals surface area contributed by atoms with Crippen molar-refractivity contribution in [3.63, 3.8) is 0 Å². The van der Waals surface area contributed by atoms with Gasteiger partial charge in [-0.25, -0.2) is 0 Å². The molecule has 1 atom stereocenters. The van der Waals surface area contributed by atoms with Crippen molar-refractivity contribution in [1.29, 1.82) is 0 Å². The maximum atomic E-state index is 5.26. The molecule has 0 amide bonds. The van der Waals surface area contributed by atoms with Crippen LogP contribution in [0, 0.1) is 0 Å². The van der Waals surface area contributed by atoms with Crippen LogP contribution in [0.3, 0.4) is 0 Å². The van der Waals surface area contributed by atoms with Crippen LogP contribution in [0.5, 0.6) is 0 Å². The largest absolute Gasteiger partial charge is 0.468 e. The standard InChI is InChI=1S/C13H15NO.ClH/c1-11(12-6-3-2-4-7-12)14-10-13-8-5-9-15-13;/h2-9,11,14H,10H2,1H3;1H. The Kier molecular flexibility index (Phi) is 5.09. The number of rotatable bonds is 4. The number of furan rings is 1. The summed E-state index contributed by atoms with van der Waals surface area (Å²) >= 11 is 0. The minimum absolute atomic E-state index is 0. The average molecular weight is 238 g/mol. The summed E-state index contributed by atoms with van der Waals surface area (Å²) in [6.45, 7) is 2.92. The maximum Gasteiger partial charge on any atom is 0.117 e. The Balaban J connectivity index is 0.00000128. The molecule has 1 heterocycles. The van der Waals surface area contributed by atoms with E-state index in [-0.39, 0.29) is 12.4 Å². The Morgan fingerprint density at radius 2 is 1.88 bits per heavy atom. The Bertz CT molecular complexity index is 386. The van der Waals surface area contributed by atoms with Crippen molar-refractivity contribution in [2.24, 2.45) is 0 Å². The lowest BCUT2D eigenvalue weighted by Crippen LogP contribution is -2.17. The van der Waals surface area contributed by atoms with Gasteiger partial charge < -0.3 is 9.73 Å². The molecule has 2 rings (SSSR count). The van der Waals surface area contributed by atoms with Crippen LogP contribution >= 0.6 is 12.4 Å². The van der Waals surface area contributed by atoms with Crippen molar-refractivity contribution >= 4 is 12.4 Å². The third-order valence-corrected chi connectivity index (χ3v) is 2.46. The zero-order valence-electron chi connectivity index (χ0n) is 9.22. The van der Waals surface area contributed by atoms with Gasteiger partial charge in [-0.2, -0.15) is 0 Å². The van der Waals surface area contributed by atoms with Crippen molar-refractivity contribution in [3.8, 4) is 0 Å². The summed E-state index contributed by atoms with van der Waals surface area (Å²) in [6, 6.07) is 14.6. The maximum absolute atomic E-state index is 5.26. The second-order valence-corrected chi connectivity index (χ2v) is 3.59. The van der Waals surface area contributed by atoms with Gasteiger partial charge in [-0.05, 0) is 24.6 Å². The highest BCUT2D eigenvalue weighted by molar-refractivity contribution is 5.85. The van der Waals surface area contributed by atoms with Crippen molar-refractivity contribution < 1.29 is 4.42 Å². The molecule has 1 aromatic heterocycles. The van der Waals surface area contributed by atoms with Gasteiger partial charge in [0.05, 0.1) is 12.8 Å². The molecule has 0 saturated heterocycles. The smallest absolute Gasteiger partial charge is 0.117 e. The molecular formula is C13H16ClNO. The Morgan fingerprint density at radius 1 is 1.12 bits per heavy atom. The van der Waals surface area contributed by atoms with E-state index in [9.17, 15) is 0 Å². The molecule has 2 nitrogen and oxygen atoms in total. The van der Waals surface area contributed by atoms with Crippen LogP contribution < -0.4 is 5.32 Å². The highest BCUT2D eigenvalue weighted by Crippen LogP contribution is 2.12. The van der Waals surface area contributed by atoms with Gasteiger partial charge in [-0.1, -0.05) is 30.3 Å². The highest BCUT2D eigenvalue weighted by atomic mass is 35.5. The molecule has 86 valence electrons. The Hall–Kier alpha value is -1.25. The molecule has 0 aliphatic heterocycles. The van der Waals surface area contributed by atoms with E-state index in [1.165, 1.54) is 5.56 Å². The van der Waals surface area contributed by atoms with Gasteiger partial charge in [0.1, 0.15) is 5.76 Å². The Labute approximate surface area is 102 Å². The molecule has 1 aromatic carbocycles. The first kappa shape index (κ1) is 12.8. The third-order valence-electron chi connectivity index (χ3n) is 2.46. The summed E-state index contributed by atoms with van der Waals surface area (Å²) in [5, 5.41) is 3.41. The quantitative estimate of drug-likeness (QED) is 0.880. The van der Waals surface area contributed by atoms with Gasteiger partial charge in [0, 0.05) is 6.04 Å². The second kappa shape index (κ2) is 6.36. The molecule has 16 heavy (non-hydrogen) atoms. The number of halogens is 1. The summed E-state index contributed by atoms with van der Waals surface area (Å²) in [6.07, 6.45) is 1.70. The van der Waals surface area contributed by atoms with Gasteiger partial charge in [0.25, 0.3) is 0 Å². The van der Waals surface area contributed by atoms with E-state index < -0.39 is 0 Å². The van der Waals surface area contributed by atoms with Crippen LogP contribution in [-0.4, -0.2) is 0 Å². The zero-order chi connectivity index (χ0) is 10.5. The minimum atomic E-state index is 0. The van der Waals surface area contributed by atoms with Crippen molar-refractivity contribution in [3.05, 3.63) is 60.1 Å². The first-order chi connectivity index (χ1) is 7.36. The van der Waals surface area contributed by atoms with Gasteiger partial charge >= 0.3 is 0 Å². The van der Waals surface area contributed by atoms with Crippen molar-refractivity contribution in [1.82, 2.24) is 5.32 Å². The summed E-state index contributed by atoms with van der Waals surface area (Å²) in [5.74, 6) is 0.970. The van der Waals surface area contributed by atoms with Gasteiger partial charge in [0.15, 0.2) is 0 Å². The van der Waals surface area contributed by atoms with E-state index in [4.69, 9.17) is 4.42 Å². The van der Waals surface area contributed by atoms with Crippen LogP contribution in [-0.2, 0) is 6.54 Å². The molecule has 1 unspecified atom stereocenters. The average Bonchev–Trinajstić information content (AvgIpc) is 2.80. The number of benzene rings is 1. The molecule has 0 radical (unpaired) electrons. The first-order valence-corrected chi connectivity index (χ1v) is 5.17. The summed E-state index contributed by atoms with van der Waals surface area (Å²) in [5.41, 5.74) is 1.30. The third kappa shape index (κ3) is 3.40. The summed E-state index contributed by atoms with van der Waals surface area (Å²) in [4.78, 5) is 0. The molecule has 1 N–H and O–H groups in total. The molecule has 0 saturated carbocycles. The van der Waals surface area contributed by atoms with E-state index in [1.807, 2.05) is 18.2 Å². The monoisotopic (exact) mass is 237 g/mol. The lowest BCUT2D eigenvalue weighted by atomic mass is 10.1. The summed E-state index contributed by atoms with van der Waals surface area (Å²) in [7, 11) is 0. The molecule has 0 fully saturated rings. The van der Waals surface area contributed by atoms with E-state index in [2.05, 4.69) is 36.5 Å². The fraction of sp³-hybridized carbons (Fsp3) is 0.231. The van der Waals surface area contributed by atoms with Crippen LogP contribution in [0.25, 0.3) is 0 Å². The Morgan fingerprint density at radius 3 is 2.50 bits per heavy atom. The second-order valence-electron chi connectivity index (χ2n) is 3.59. The van der Waals surface area contributed by atoms with Gasteiger partial charge in [0.2, 0.25) is 0 Å². The van der Waals surface area contributed by atoms with Gasteiger partial charge in [-0.15, -0.1) is 12.4 Å². The normalized spacial score (nSPS) is 11.8. The van der Waals surface area contributed by atoms with Crippen molar-refractivity contribution in [2.75, 3.05) is 0 Å². The van der Waals surface area contributed by atoms with E-state index in [1.54, 1.807) is 6.26 Å². The van der Waals surface area contributed by atoms with Crippen LogP contribution in [0.2, 0.25) is 0 Å². The molecule has 0 bridgehead atoms. The van der Waals surface area contributed by atoms with Crippen LogP contribution in [0.1, 0.15) is 24.3 Å². The number of nitrogens with one attached hydrogen (secondary N) is 1. The highest BCUT2D eigenvalue weighted by Gasteiger charge is 2.04. The molecular weight excluding hydrogens is 222 g/mol. The SMILES string of the molecule is CC(NCc1ccco1)c1ccccc1.Cl. The van der Waals surface area contributed by atoms with Gasteiger partial charge in [-0.3, -0.25) is 0 Å². The minimum Gasteiger partial charge on any atom is -0.468 e. The molecule has 0 aliphatic rings. The van der Waals surface area contributed by atoms with Crippen LogP contribution in [0.4, 0.5) is 0 Å². The fourth-order valence-corrected chi connectivity index (χ4v) is 1.53. The van der Waals surface area contributed by atoms with E-state index in [0.29, 0.717) is 6.04 Å².